The lowest BCUT2D eigenvalue weighted by Crippen LogP contribution is -2.31. The SMILES string of the molecule is CCCCCCCCCCCCN1C(=O)N[C@H](CO)[C@@H]1c1ccccc1. The number of carbonyl (C=O) groups excluding carboxylic acids is 1. The van der Waals surface area contributed by atoms with Crippen molar-refractivity contribution < 1.29 is 9.90 Å². The maximum atomic E-state index is 12.3. The zero-order valence-electron chi connectivity index (χ0n) is 16.3. The van der Waals surface area contributed by atoms with Gasteiger partial charge in [0.2, 0.25) is 0 Å². The van der Waals surface area contributed by atoms with Gasteiger partial charge >= 0.3 is 6.03 Å². The van der Waals surface area contributed by atoms with Gasteiger partial charge in [-0.05, 0) is 12.0 Å². The van der Waals surface area contributed by atoms with Crippen molar-refractivity contribution >= 4 is 6.03 Å². The first-order valence-corrected chi connectivity index (χ1v) is 10.5. The molecule has 0 spiro atoms. The summed E-state index contributed by atoms with van der Waals surface area (Å²) >= 11 is 0. The number of benzene rings is 1. The van der Waals surface area contributed by atoms with Crippen LogP contribution in [0.4, 0.5) is 4.79 Å². The minimum absolute atomic E-state index is 0.0279. The van der Waals surface area contributed by atoms with E-state index in [1.54, 1.807) is 0 Å². The Morgan fingerprint density at radius 3 is 2.08 bits per heavy atom. The van der Waals surface area contributed by atoms with E-state index in [0.717, 1.165) is 18.5 Å². The van der Waals surface area contributed by atoms with Crippen molar-refractivity contribution in [3.05, 3.63) is 35.9 Å². The molecule has 1 aliphatic heterocycles. The van der Waals surface area contributed by atoms with Crippen molar-refractivity contribution in [1.82, 2.24) is 10.2 Å². The molecular weight excluding hydrogens is 324 g/mol. The molecule has 2 atom stereocenters. The molecule has 1 heterocycles. The summed E-state index contributed by atoms with van der Waals surface area (Å²) in [6, 6.07) is 9.72. The molecule has 0 saturated carbocycles. The number of nitrogens with zero attached hydrogens (tertiary/aromatic N) is 1. The van der Waals surface area contributed by atoms with Crippen molar-refractivity contribution in [1.29, 1.82) is 0 Å². The quantitative estimate of drug-likeness (QED) is 0.485. The Hall–Kier alpha value is -1.55. The Morgan fingerprint density at radius 1 is 0.923 bits per heavy atom. The molecule has 26 heavy (non-hydrogen) atoms. The first kappa shape index (κ1) is 20.8. The fourth-order valence-corrected chi connectivity index (χ4v) is 3.88. The summed E-state index contributed by atoms with van der Waals surface area (Å²) in [6.45, 7) is 2.99. The first-order valence-electron chi connectivity index (χ1n) is 10.5. The second-order valence-corrected chi connectivity index (χ2v) is 7.47. The van der Waals surface area contributed by atoms with E-state index in [0.29, 0.717) is 0 Å². The predicted octanol–water partition coefficient (Wildman–Crippen LogP) is 5.03. The molecule has 146 valence electrons. The van der Waals surface area contributed by atoms with E-state index < -0.39 is 0 Å². The second-order valence-electron chi connectivity index (χ2n) is 7.47. The molecule has 0 aliphatic carbocycles. The maximum Gasteiger partial charge on any atom is 0.318 e. The number of nitrogens with one attached hydrogen (secondary N) is 1. The zero-order chi connectivity index (χ0) is 18.6. The standard InChI is InChI=1S/C22H36N2O2/c1-2-3-4-5-6-7-8-9-10-14-17-24-21(19-15-12-11-13-16-19)20(18-25)23-22(24)26/h11-13,15-16,20-21,25H,2-10,14,17-18H2,1H3,(H,23,26)/t20-,21+/m1/s1. The van der Waals surface area contributed by atoms with Crippen LogP contribution < -0.4 is 5.32 Å². The molecule has 1 aliphatic rings. The maximum absolute atomic E-state index is 12.3. The average Bonchev–Trinajstić information content (AvgIpc) is 2.99. The molecule has 2 amide bonds. The summed E-state index contributed by atoms with van der Waals surface area (Å²) in [4.78, 5) is 14.2. The Bertz CT molecular complexity index is 506. The predicted molar refractivity (Wildman–Crippen MR) is 107 cm³/mol. The number of aliphatic hydroxyl groups is 1. The van der Waals surface area contributed by atoms with Gasteiger partial charge in [-0.1, -0.05) is 95.0 Å². The normalized spacial score (nSPS) is 19.8. The Labute approximate surface area is 159 Å². The Kier molecular flexibility index (Phi) is 9.54. The summed E-state index contributed by atoms with van der Waals surface area (Å²) in [5, 5.41) is 12.6. The highest BCUT2D eigenvalue weighted by Gasteiger charge is 2.39. The fourth-order valence-electron chi connectivity index (χ4n) is 3.88. The van der Waals surface area contributed by atoms with Crippen LogP contribution in [0.5, 0.6) is 0 Å². The monoisotopic (exact) mass is 360 g/mol. The van der Waals surface area contributed by atoms with E-state index in [-0.39, 0.29) is 24.7 Å². The number of rotatable bonds is 13. The van der Waals surface area contributed by atoms with E-state index in [1.807, 2.05) is 35.2 Å². The van der Waals surface area contributed by atoms with Gasteiger partial charge in [-0.3, -0.25) is 0 Å². The summed E-state index contributed by atoms with van der Waals surface area (Å²) in [5.41, 5.74) is 1.09. The minimum Gasteiger partial charge on any atom is -0.394 e. The van der Waals surface area contributed by atoms with Crippen LogP contribution in [-0.4, -0.2) is 35.2 Å². The zero-order valence-corrected chi connectivity index (χ0v) is 16.3. The molecule has 2 rings (SSSR count). The molecule has 0 bridgehead atoms. The lowest BCUT2D eigenvalue weighted by atomic mass is 10.00. The molecule has 1 aromatic carbocycles. The molecule has 4 heteroatoms. The molecule has 1 aromatic rings. The number of aliphatic hydroxyl groups excluding tert-OH is 1. The highest BCUT2D eigenvalue weighted by molar-refractivity contribution is 5.78. The lowest BCUT2D eigenvalue weighted by molar-refractivity contribution is 0.189. The lowest BCUT2D eigenvalue weighted by Gasteiger charge is -2.26. The second kappa shape index (κ2) is 11.9. The third-order valence-electron chi connectivity index (χ3n) is 5.38. The van der Waals surface area contributed by atoms with E-state index >= 15 is 0 Å². The minimum atomic E-state index is -0.215. The van der Waals surface area contributed by atoms with Crippen molar-refractivity contribution in [2.24, 2.45) is 0 Å². The Morgan fingerprint density at radius 2 is 1.50 bits per heavy atom. The summed E-state index contributed by atoms with van der Waals surface area (Å²) < 4.78 is 0. The Balaban J connectivity index is 1.69. The van der Waals surface area contributed by atoms with Crippen LogP contribution in [0.3, 0.4) is 0 Å². The number of amides is 2. The highest BCUT2D eigenvalue weighted by Crippen LogP contribution is 2.29. The molecule has 1 fully saturated rings. The van der Waals surface area contributed by atoms with Gasteiger partial charge in [-0.2, -0.15) is 0 Å². The molecule has 1 saturated heterocycles. The van der Waals surface area contributed by atoms with Crippen LogP contribution in [0.2, 0.25) is 0 Å². The number of unbranched alkanes of at least 4 members (excludes halogenated alkanes) is 9. The van der Waals surface area contributed by atoms with E-state index in [2.05, 4.69) is 12.2 Å². The van der Waals surface area contributed by atoms with Crippen LogP contribution in [-0.2, 0) is 0 Å². The molecular formula is C22H36N2O2. The first-order chi connectivity index (χ1) is 12.8. The number of hydrogen-bond donors (Lipinski definition) is 2. The highest BCUT2D eigenvalue weighted by atomic mass is 16.3. The van der Waals surface area contributed by atoms with Crippen LogP contribution in [0.15, 0.2) is 30.3 Å². The average molecular weight is 361 g/mol. The third-order valence-corrected chi connectivity index (χ3v) is 5.38. The topological polar surface area (TPSA) is 52.6 Å². The van der Waals surface area contributed by atoms with E-state index in [9.17, 15) is 9.90 Å². The smallest absolute Gasteiger partial charge is 0.318 e. The van der Waals surface area contributed by atoms with Crippen molar-refractivity contribution in [2.75, 3.05) is 13.2 Å². The number of carbonyl (C=O) groups is 1. The van der Waals surface area contributed by atoms with Crippen LogP contribution in [0, 0.1) is 0 Å². The molecule has 0 radical (unpaired) electrons. The van der Waals surface area contributed by atoms with Gasteiger partial charge in [0.05, 0.1) is 18.7 Å². The number of hydrogen-bond acceptors (Lipinski definition) is 2. The molecule has 0 unspecified atom stereocenters. The third kappa shape index (κ3) is 6.31. The van der Waals surface area contributed by atoms with Gasteiger partial charge in [0.15, 0.2) is 0 Å². The largest absolute Gasteiger partial charge is 0.394 e. The molecule has 2 N–H and O–H groups in total. The van der Waals surface area contributed by atoms with E-state index in [4.69, 9.17) is 0 Å². The summed E-state index contributed by atoms with van der Waals surface area (Å²) in [7, 11) is 0. The number of urea groups is 1. The fraction of sp³-hybridized carbons (Fsp3) is 0.682. The van der Waals surface area contributed by atoms with Crippen LogP contribution >= 0.6 is 0 Å². The van der Waals surface area contributed by atoms with Crippen molar-refractivity contribution in [3.8, 4) is 0 Å². The van der Waals surface area contributed by atoms with Gasteiger partial charge < -0.3 is 15.3 Å². The summed E-state index contributed by atoms with van der Waals surface area (Å²) in [5.74, 6) is 0. The van der Waals surface area contributed by atoms with Gasteiger partial charge in [0.1, 0.15) is 0 Å². The van der Waals surface area contributed by atoms with Gasteiger partial charge in [-0.25, -0.2) is 4.79 Å². The van der Waals surface area contributed by atoms with Crippen molar-refractivity contribution in [3.63, 3.8) is 0 Å². The van der Waals surface area contributed by atoms with Gasteiger partial charge in [0.25, 0.3) is 0 Å². The van der Waals surface area contributed by atoms with Crippen LogP contribution in [0.25, 0.3) is 0 Å². The molecule has 0 aromatic heterocycles. The summed E-state index contributed by atoms with van der Waals surface area (Å²) in [6.07, 6.45) is 12.9. The van der Waals surface area contributed by atoms with E-state index in [1.165, 1.54) is 57.8 Å². The molecule has 4 nitrogen and oxygen atoms in total. The van der Waals surface area contributed by atoms with Crippen molar-refractivity contribution in [2.45, 2.75) is 83.2 Å². The van der Waals surface area contributed by atoms with Crippen LogP contribution in [0.1, 0.15) is 82.7 Å². The van der Waals surface area contributed by atoms with Gasteiger partial charge in [0, 0.05) is 6.54 Å². The van der Waals surface area contributed by atoms with Gasteiger partial charge in [-0.15, -0.1) is 0 Å².